The Labute approximate surface area is 221 Å². The van der Waals surface area contributed by atoms with E-state index in [1.165, 1.54) is 5.57 Å². The first-order valence-electron chi connectivity index (χ1n) is 11.3. The Balaban J connectivity index is 1.99. The molecule has 0 bridgehead atoms. The van der Waals surface area contributed by atoms with Crippen LogP contribution in [-0.4, -0.2) is 53.4 Å². The van der Waals surface area contributed by atoms with Gasteiger partial charge in [0.15, 0.2) is 0 Å². The zero-order valence-electron chi connectivity index (χ0n) is 20.1. The third-order valence-corrected chi connectivity index (χ3v) is 7.03. The second kappa shape index (κ2) is 11.9. The highest BCUT2D eigenvalue weighted by Gasteiger charge is 2.36. The third-order valence-electron chi connectivity index (χ3n) is 5.82. The van der Waals surface area contributed by atoms with Gasteiger partial charge in [-0.2, -0.15) is 13.2 Å². The predicted octanol–water partition coefficient (Wildman–Crippen LogP) is 5.35. The normalized spacial score (nSPS) is 15.4. The molecular weight excluding hydrogens is 584 g/mol. The van der Waals surface area contributed by atoms with Crippen LogP contribution in [0.1, 0.15) is 28.4 Å². The molecule has 2 heterocycles. The molecule has 1 saturated heterocycles. The van der Waals surface area contributed by atoms with E-state index in [1.54, 1.807) is 6.07 Å². The van der Waals surface area contributed by atoms with E-state index < -0.39 is 28.8 Å². The molecule has 1 aromatic carbocycles. The molecule has 1 aliphatic heterocycles. The Kier molecular flexibility index (Phi) is 9.18. The summed E-state index contributed by atoms with van der Waals surface area (Å²) in [5.41, 5.74) is 0.796. The number of likely N-dealkylation sites (N-methyl/N-ethyl adjacent to an activating group) is 1. The van der Waals surface area contributed by atoms with Gasteiger partial charge >= 0.3 is 6.18 Å². The molecule has 2 aromatic rings. The first-order chi connectivity index (χ1) is 17.0. The van der Waals surface area contributed by atoms with E-state index in [0.717, 1.165) is 29.3 Å². The zero-order valence-corrected chi connectivity index (χ0v) is 22.2. The maximum atomic E-state index is 13.5. The SMILES string of the molecule is C=C(/C=C\C=C(/C)CI)c1ccc(N2CCN(C)CC2)c(NC(=O)c2c[nH]c(=O)cc2C(F)(F)F)c1. The molecule has 1 fully saturated rings. The monoisotopic (exact) mass is 612 g/mol. The van der Waals surface area contributed by atoms with E-state index in [1.807, 2.05) is 44.3 Å². The van der Waals surface area contributed by atoms with Crippen molar-refractivity contribution in [3.63, 3.8) is 0 Å². The molecule has 1 aliphatic rings. The topological polar surface area (TPSA) is 68.4 Å². The summed E-state index contributed by atoms with van der Waals surface area (Å²) >= 11 is 2.27. The number of carbonyl (C=O) groups is 1. The smallest absolute Gasteiger partial charge is 0.367 e. The van der Waals surface area contributed by atoms with Gasteiger partial charge in [0.25, 0.3) is 5.91 Å². The lowest BCUT2D eigenvalue weighted by Crippen LogP contribution is -2.44. The molecule has 3 rings (SSSR count). The zero-order chi connectivity index (χ0) is 26.5. The quantitative estimate of drug-likeness (QED) is 0.252. The van der Waals surface area contributed by atoms with Gasteiger partial charge < -0.3 is 20.1 Å². The minimum Gasteiger partial charge on any atom is -0.367 e. The number of anilines is 2. The lowest BCUT2D eigenvalue weighted by Gasteiger charge is -2.35. The highest BCUT2D eigenvalue weighted by atomic mass is 127. The van der Waals surface area contributed by atoms with Crippen LogP contribution in [0.5, 0.6) is 0 Å². The highest BCUT2D eigenvalue weighted by Crippen LogP contribution is 2.34. The number of amides is 1. The predicted molar refractivity (Wildman–Crippen MR) is 147 cm³/mol. The molecule has 0 aliphatic carbocycles. The summed E-state index contributed by atoms with van der Waals surface area (Å²) in [6.45, 7) is 9.14. The van der Waals surface area contributed by atoms with Crippen LogP contribution < -0.4 is 15.8 Å². The summed E-state index contributed by atoms with van der Waals surface area (Å²) in [5, 5.41) is 2.65. The van der Waals surface area contributed by atoms with E-state index >= 15 is 0 Å². The number of benzene rings is 1. The van der Waals surface area contributed by atoms with Crippen molar-refractivity contribution in [2.75, 3.05) is 47.9 Å². The van der Waals surface area contributed by atoms with Crippen LogP contribution >= 0.6 is 22.6 Å². The molecule has 0 atom stereocenters. The fraction of sp³-hybridized carbons (Fsp3) is 0.308. The molecule has 1 amide bonds. The first-order valence-corrected chi connectivity index (χ1v) is 12.8. The molecule has 0 spiro atoms. The Hall–Kier alpha value is -2.86. The standard InChI is InChI=1S/C26H28F3IN4O2/c1-17(15-30)5-4-6-18(2)19-7-8-23(34-11-9-33(3)10-12-34)22(13-19)32-25(36)20-16-31-24(35)14-21(20)26(27,28)29/h4-8,13-14,16H,2,9-12,15H2,1,3H3,(H,31,35)(H,32,36)/b6-4-,17-5+. The van der Waals surface area contributed by atoms with Crippen LogP contribution in [0.25, 0.3) is 5.57 Å². The van der Waals surface area contributed by atoms with Gasteiger partial charge in [-0.25, -0.2) is 0 Å². The molecule has 10 heteroatoms. The number of hydrogen-bond donors (Lipinski definition) is 2. The summed E-state index contributed by atoms with van der Waals surface area (Å²) in [4.78, 5) is 31.0. The Morgan fingerprint density at radius 3 is 2.56 bits per heavy atom. The number of nitrogens with one attached hydrogen (secondary N) is 2. The Bertz CT molecular complexity index is 1240. The van der Waals surface area contributed by atoms with E-state index in [4.69, 9.17) is 0 Å². The Morgan fingerprint density at radius 1 is 1.22 bits per heavy atom. The van der Waals surface area contributed by atoms with Crippen molar-refractivity contribution < 1.29 is 18.0 Å². The van der Waals surface area contributed by atoms with E-state index in [-0.39, 0.29) is 0 Å². The third kappa shape index (κ3) is 7.10. The van der Waals surface area contributed by atoms with Gasteiger partial charge in [-0.05, 0) is 37.2 Å². The van der Waals surface area contributed by atoms with Crippen LogP contribution in [0.2, 0.25) is 0 Å². The fourth-order valence-electron chi connectivity index (χ4n) is 3.71. The van der Waals surface area contributed by atoms with Crippen molar-refractivity contribution in [1.29, 1.82) is 0 Å². The molecule has 1 aromatic heterocycles. The molecule has 2 N–H and O–H groups in total. The van der Waals surface area contributed by atoms with Crippen LogP contribution in [0.4, 0.5) is 24.5 Å². The van der Waals surface area contributed by atoms with Crippen LogP contribution in [-0.2, 0) is 6.18 Å². The number of alkyl halides is 4. The van der Waals surface area contributed by atoms with Crippen molar-refractivity contribution in [3.8, 4) is 0 Å². The number of aromatic nitrogens is 1. The first kappa shape index (κ1) is 27.7. The van der Waals surface area contributed by atoms with Gasteiger partial charge in [0, 0.05) is 42.9 Å². The van der Waals surface area contributed by atoms with Crippen molar-refractivity contribution in [3.05, 3.63) is 87.9 Å². The largest absolute Gasteiger partial charge is 0.417 e. The maximum absolute atomic E-state index is 13.5. The van der Waals surface area contributed by atoms with Crippen molar-refractivity contribution >= 4 is 45.4 Å². The van der Waals surface area contributed by atoms with Gasteiger partial charge in [-0.1, -0.05) is 59.0 Å². The number of piperazine rings is 1. The number of pyridine rings is 1. The second-order valence-corrected chi connectivity index (χ2v) is 9.39. The summed E-state index contributed by atoms with van der Waals surface area (Å²) in [5.74, 6) is -0.965. The minimum atomic E-state index is -4.86. The van der Waals surface area contributed by atoms with Crippen molar-refractivity contribution in [2.24, 2.45) is 0 Å². The van der Waals surface area contributed by atoms with Crippen LogP contribution in [0.3, 0.4) is 0 Å². The molecular formula is C26H28F3IN4O2. The average Bonchev–Trinajstić information content (AvgIpc) is 2.83. The van der Waals surface area contributed by atoms with E-state index in [0.29, 0.717) is 36.1 Å². The molecule has 6 nitrogen and oxygen atoms in total. The van der Waals surface area contributed by atoms with Crippen LogP contribution in [0, 0.1) is 0 Å². The Morgan fingerprint density at radius 2 is 1.92 bits per heavy atom. The number of H-pyrrole nitrogens is 1. The van der Waals surface area contributed by atoms with E-state index in [9.17, 15) is 22.8 Å². The van der Waals surface area contributed by atoms with Crippen molar-refractivity contribution in [1.82, 2.24) is 9.88 Å². The molecule has 36 heavy (non-hydrogen) atoms. The number of aromatic amines is 1. The number of hydrogen-bond acceptors (Lipinski definition) is 4. The summed E-state index contributed by atoms with van der Waals surface area (Å²) in [7, 11) is 2.02. The minimum absolute atomic E-state index is 0.370. The van der Waals surface area contributed by atoms with Gasteiger partial charge in [-0.3, -0.25) is 9.59 Å². The average molecular weight is 612 g/mol. The number of nitrogens with zero attached hydrogens (tertiary/aromatic N) is 2. The number of allylic oxidation sites excluding steroid dienone is 5. The number of rotatable bonds is 7. The molecule has 0 unspecified atom stereocenters. The maximum Gasteiger partial charge on any atom is 0.417 e. The summed E-state index contributed by atoms with van der Waals surface area (Å²) in [6.07, 6.45) is 1.65. The van der Waals surface area contributed by atoms with Gasteiger partial charge in [0.2, 0.25) is 5.56 Å². The molecule has 192 valence electrons. The molecule has 0 saturated carbocycles. The number of halogens is 4. The lowest BCUT2D eigenvalue weighted by atomic mass is 10.0. The fourth-order valence-corrected chi connectivity index (χ4v) is 3.97. The highest BCUT2D eigenvalue weighted by molar-refractivity contribution is 14.1. The van der Waals surface area contributed by atoms with E-state index in [2.05, 4.69) is 49.3 Å². The summed E-state index contributed by atoms with van der Waals surface area (Å²) in [6, 6.07) is 5.83. The van der Waals surface area contributed by atoms with Crippen LogP contribution in [0.15, 0.2) is 65.6 Å². The van der Waals surface area contributed by atoms with Gasteiger partial charge in [-0.15, -0.1) is 0 Å². The lowest BCUT2D eigenvalue weighted by molar-refractivity contribution is -0.138. The van der Waals surface area contributed by atoms with Gasteiger partial charge in [0.05, 0.1) is 22.5 Å². The summed E-state index contributed by atoms with van der Waals surface area (Å²) < 4.78 is 41.5. The molecule has 0 radical (unpaired) electrons. The number of carbonyl (C=O) groups excluding carboxylic acids is 1. The van der Waals surface area contributed by atoms with Gasteiger partial charge in [0.1, 0.15) is 0 Å². The second-order valence-electron chi connectivity index (χ2n) is 8.63. The van der Waals surface area contributed by atoms with Crippen molar-refractivity contribution in [2.45, 2.75) is 13.1 Å².